The number of nitrogens with one attached hydrogen (secondary N) is 1. The fraction of sp³-hybridized carbons (Fsp3) is 0.263. The van der Waals surface area contributed by atoms with Crippen LogP contribution in [0.3, 0.4) is 0 Å². The number of amides is 1. The van der Waals surface area contributed by atoms with Crippen LogP contribution in [0.25, 0.3) is 0 Å². The van der Waals surface area contributed by atoms with E-state index in [1.54, 1.807) is 48.5 Å². The van der Waals surface area contributed by atoms with E-state index >= 15 is 0 Å². The van der Waals surface area contributed by atoms with E-state index in [9.17, 15) is 18.0 Å². The summed E-state index contributed by atoms with van der Waals surface area (Å²) in [5, 5.41) is 2.67. The molecule has 0 bridgehead atoms. The molecule has 0 saturated heterocycles. The zero-order chi connectivity index (χ0) is 18.4. The van der Waals surface area contributed by atoms with Gasteiger partial charge in [0.1, 0.15) is 0 Å². The van der Waals surface area contributed by atoms with Gasteiger partial charge in [-0.1, -0.05) is 29.8 Å². The van der Waals surface area contributed by atoms with Gasteiger partial charge in [-0.25, -0.2) is 8.42 Å². The van der Waals surface area contributed by atoms with Crippen molar-refractivity contribution in [2.24, 2.45) is 0 Å². The molecule has 0 aromatic heterocycles. The van der Waals surface area contributed by atoms with Gasteiger partial charge in [-0.05, 0) is 38.1 Å². The number of benzene rings is 2. The molecule has 132 valence electrons. The van der Waals surface area contributed by atoms with Crippen molar-refractivity contribution >= 4 is 21.5 Å². The molecule has 0 saturated carbocycles. The van der Waals surface area contributed by atoms with Crippen molar-refractivity contribution in [1.82, 2.24) is 5.32 Å². The summed E-state index contributed by atoms with van der Waals surface area (Å²) in [7, 11) is -3.49. The van der Waals surface area contributed by atoms with Crippen LogP contribution in [0.15, 0.2) is 53.4 Å². The second kappa shape index (κ2) is 8.07. The highest BCUT2D eigenvalue weighted by molar-refractivity contribution is 7.91. The van der Waals surface area contributed by atoms with Gasteiger partial charge in [-0.15, -0.1) is 0 Å². The van der Waals surface area contributed by atoms with Crippen LogP contribution in [0.2, 0.25) is 0 Å². The highest BCUT2D eigenvalue weighted by Crippen LogP contribution is 2.15. The van der Waals surface area contributed by atoms with E-state index in [2.05, 4.69) is 5.32 Å². The molecule has 0 aliphatic carbocycles. The van der Waals surface area contributed by atoms with Crippen molar-refractivity contribution in [1.29, 1.82) is 0 Å². The van der Waals surface area contributed by atoms with Crippen LogP contribution in [0.1, 0.15) is 39.6 Å². The first-order valence-electron chi connectivity index (χ1n) is 8.04. The zero-order valence-electron chi connectivity index (χ0n) is 14.3. The molecule has 1 N–H and O–H groups in total. The molecule has 2 rings (SSSR count). The molecule has 0 radical (unpaired) electrons. The van der Waals surface area contributed by atoms with Gasteiger partial charge in [0.2, 0.25) is 0 Å². The molecule has 0 aliphatic rings. The van der Waals surface area contributed by atoms with Crippen LogP contribution in [-0.4, -0.2) is 32.4 Å². The largest absolute Gasteiger partial charge is 0.352 e. The van der Waals surface area contributed by atoms with Gasteiger partial charge in [0.05, 0.1) is 10.6 Å². The third-order valence-corrected chi connectivity index (χ3v) is 5.52. The number of carbonyl (C=O) groups is 2. The molecular weight excluding hydrogens is 338 g/mol. The smallest absolute Gasteiger partial charge is 0.251 e. The summed E-state index contributed by atoms with van der Waals surface area (Å²) in [4.78, 5) is 24.1. The molecule has 1 amide bonds. The summed E-state index contributed by atoms with van der Waals surface area (Å²) < 4.78 is 24.6. The number of aryl methyl sites for hydroxylation is 1. The molecule has 0 atom stereocenters. The zero-order valence-corrected chi connectivity index (χ0v) is 15.1. The van der Waals surface area contributed by atoms with Crippen LogP contribution < -0.4 is 5.32 Å². The number of sulfone groups is 1. The Kier molecular flexibility index (Phi) is 6.09. The Bertz CT molecular complexity index is 853. The summed E-state index contributed by atoms with van der Waals surface area (Å²) in [5.74, 6) is -0.714. The molecule has 2 aromatic carbocycles. The molecular formula is C19H21NO4S. The summed E-state index contributed by atoms with van der Waals surface area (Å²) in [5.41, 5.74) is 1.83. The second-order valence-corrected chi connectivity index (χ2v) is 7.85. The van der Waals surface area contributed by atoms with Gasteiger partial charge in [0, 0.05) is 24.1 Å². The minimum absolute atomic E-state index is 0.100. The van der Waals surface area contributed by atoms with E-state index in [1.165, 1.54) is 0 Å². The van der Waals surface area contributed by atoms with Crippen molar-refractivity contribution in [2.45, 2.75) is 25.2 Å². The van der Waals surface area contributed by atoms with E-state index in [0.29, 0.717) is 17.7 Å². The van der Waals surface area contributed by atoms with Gasteiger partial charge in [0.15, 0.2) is 15.6 Å². The Morgan fingerprint density at radius 1 is 0.920 bits per heavy atom. The topological polar surface area (TPSA) is 80.3 Å². The molecule has 0 fully saturated rings. The maximum absolute atomic E-state index is 12.3. The van der Waals surface area contributed by atoms with E-state index in [1.807, 2.05) is 13.8 Å². The lowest BCUT2D eigenvalue weighted by Crippen LogP contribution is -2.22. The lowest BCUT2D eigenvalue weighted by Gasteiger charge is -2.06. The van der Waals surface area contributed by atoms with Gasteiger partial charge >= 0.3 is 0 Å². The number of hydrogen-bond donors (Lipinski definition) is 1. The number of hydrogen-bond acceptors (Lipinski definition) is 4. The van der Waals surface area contributed by atoms with Crippen LogP contribution in [-0.2, 0) is 9.84 Å². The third-order valence-electron chi connectivity index (χ3n) is 3.78. The Balaban J connectivity index is 2.02. The first-order valence-corrected chi connectivity index (χ1v) is 9.69. The molecule has 2 aromatic rings. The average Bonchev–Trinajstić information content (AvgIpc) is 2.60. The Labute approximate surface area is 148 Å². The van der Waals surface area contributed by atoms with Crippen LogP contribution in [0, 0.1) is 6.92 Å². The molecule has 25 heavy (non-hydrogen) atoms. The molecule has 0 unspecified atom stereocenters. The van der Waals surface area contributed by atoms with Crippen molar-refractivity contribution in [3.05, 3.63) is 65.2 Å². The van der Waals surface area contributed by atoms with E-state index in [4.69, 9.17) is 0 Å². The second-order valence-electron chi connectivity index (χ2n) is 5.74. The van der Waals surface area contributed by atoms with Crippen LogP contribution >= 0.6 is 0 Å². The van der Waals surface area contributed by atoms with Crippen molar-refractivity contribution in [2.75, 3.05) is 12.3 Å². The first-order chi connectivity index (χ1) is 11.8. The van der Waals surface area contributed by atoms with Crippen molar-refractivity contribution < 1.29 is 18.0 Å². The number of rotatable bonds is 7. The fourth-order valence-electron chi connectivity index (χ4n) is 2.30. The van der Waals surface area contributed by atoms with E-state index in [-0.39, 0.29) is 28.8 Å². The van der Waals surface area contributed by atoms with Gasteiger partial charge < -0.3 is 5.32 Å². The third kappa shape index (κ3) is 5.00. The predicted octanol–water partition coefficient (Wildman–Crippen LogP) is 2.79. The highest BCUT2D eigenvalue weighted by atomic mass is 32.2. The molecule has 0 spiro atoms. The lowest BCUT2D eigenvalue weighted by atomic mass is 10.1. The Hall–Kier alpha value is -2.47. The quantitative estimate of drug-likeness (QED) is 0.771. The van der Waals surface area contributed by atoms with Crippen molar-refractivity contribution in [3.63, 3.8) is 0 Å². The van der Waals surface area contributed by atoms with E-state index < -0.39 is 9.84 Å². The minimum Gasteiger partial charge on any atom is -0.352 e. The van der Waals surface area contributed by atoms with Crippen LogP contribution in [0.4, 0.5) is 0 Å². The summed E-state index contributed by atoms with van der Waals surface area (Å²) >= 11 is 0. The fourth-order valence-corrected chi connectivity index (χ4v) is 3.55. The standard InChI is InChI=1S/C19H21NO4S/c1-3-20-19(22)16-8-6-15(7-9-16)18(21)12-13-25(23,24)17-10-4-14(2)5-11-17/h4-11H,3,12-13H2,1-2H3,(H,20,22). The first kappa shape index (κ1) is 18.9. The summed E-state index contributed by atoms with van der Waals surface area (Å²) in [6.07, 6.45) is -0.100. The molecule has 6 heteroatoms. The number of carbonyl (C=O) groups excluding carboxylic acids is 2. The average molecular weight is 359 g/mol. The van der Waals surface area contributed by atoms with Crippen LogP contribution in [0.5, 0.6) is 0 Å². The SMILES string of the molecule is CCNC(=O)c1ccc(C(=O)CCS(=O)(=O)c2ccc(C)cc2)cc1. The summed E-state index contributed by atoms with van der Waals surface area (Å²) in [6, 6.07) is 12.8. The minimum atomic E-state index is -3.49. The van der Waals surface area contributed by atoms with Gasteiger partial charge in [0.25, 0.3) is 5.91 Å². The Morgan fingerprint density at radius 2 is 1.48 bits per heavy atom. The lowest BCUT2D eigenvalue weighted by molar-refractivity contribution is 0.0952. The predicted molar refractivity (Wildman–Crippen MR) is 96.6 cm³/mol. The van der Waals surface area contributed by atoms with E-state index in [0.717, 1.165) is 5.56 Å². The highest BCUT2D eigenvalue weighted by Gasteiger charge is 2.17. The Morgan fingerprint density at radius 3 is 2.04 bits per heavy atom. The monoisotopic (exact) mass is 359 g/mol. The molecule has 0 heterocycles. The van der Waals surface area contributed by atoms with Gasteiger partial charge in [-0.3, -0.25) is 9.59 Å². The normalized spacial score (nSPS) is 11.1. The molecule has 5 nitrogen and oxygen atoms in total. The maximum Gasteiger partial charge on any atom is 0.251 e. The maximum atomic E-state index is 12.3. The van der Waals surface area contributed by atoms with Crippen molar-refractivity contribution in [3.8, 4) is 0 Å². The molecule has 0 aliphatic heterocycles. The van der Waals surface area contributed by atoms with Gasteiger partial charge in [-0.2, -0.15) is 0 Å². The summed E-state index contributed by atoms with van der Waals surface area (Å²) in [6.45, 7) is 4.23. The number of ketones is 1. The number of Topliss-reactive ketones (excluding diaryl/α,β-unsaturated/α-hetero) is 1.